The van der Waals surface area contributed by atoms with Gasteiger partial charge in [0.15, 0.2) is 0 Å². The lowest BCUT2D eigenvalue weighted by atomic mass is 10.2. The van der Waals surface area contributed by atoms with Gasteiger partial charge >= 0.3 is 0 Å². The molecule has 0 fully saturated rings. The van der Waals surface area contributed by atoms with Gasteiger partial charge in [-0.3, -0.25) is 4.79 Å². The fourth-order valence-corrected chi connectivity index (χ4v) is 2.50. The second kappa shape index (κ2) is 6.62. The molecule has 3 rings (SSSR count). The molecule has 1 aromatic heterocycles. The van der Waals surface area contributed by atoms with Gasteiger partial charge < -0.3 is 10.3 Å². The van der Waals surface area contributed by atoms with Crippen molar-refractivity contribution in [2.45, 2.75) is 12.8 Å². The van der Waals surface area contributed by atoms with E-state index in [0.717, 1.165) is 29.7 Å². The number of fused-ring (bicyclic) bond motifs is 1. The maximum atomic E-state index is 12.0. The molecular formula is C17H16ClN3O. The molecule has 3 aromatic rings. The molecule has 0 spiro atoms. The number of hydrogen-bond donors (Lipinski definition) is 2. The molecular weight excluding hydrogens is 298 g/mol. The molecule has 0 radical (unpaired) electrons. The molecule has 0 aliphatic heterocycles. The summed E-state index contributed by atoms with van der Waals surface area (Å²) in [5, 5.41) is 3.46. The van der Waals surface area contributed by atoms with Crippen LogP contribution in [0.15, 0.2) is 48.5 Å². The number of rotatable bonds is 5. The lowest BCUT2D eigenvalue weighted by Crippen LogP contribution is -2.24. The maximum Gasteiger partial charge on any atom is 0.251 e. The molecule has 0 aliphatic carbocycles. The fraction of sp³-hybridized carbons (Fsp3) is 0.176. The van der Waals surface area contributed by atoms with Gasteiger partial charge in [0.25, 0.3) is 5.91 Å². The largest absolute Gasteiger partial charge is 0.352 e. The predicted octanol–water partition coefficient (Wildman–Crippen LogP) is 3.58. The number of imidazole rings is 1. The highest BCUT2D eigenvalue weighted by atomic mass is 35.5. The van der Waals surface area contributed by atoms with Crippen LogP contribution in [0.25, 0.3) is 11.0 Å². The van der Waals surface area contributed by atoms with E-state index >= 15 is 0 Å². The van der Waals surface area contributed by atoms with E-state index in [1.54, 1.807) is 24.3 Å². The van der Waals surface area contributed by atoms with Gasteiger partial charge in [0.05, 0.1) is 11.0 Å². The SMILES string of the molecule is O=C(NCCCc1nc2ccccc2[nH]1)c1cccc(Cl)c1. The van der Waals surface area contributed by atoms with Gasteiger partial charge in [0.1, 0.15) is 5.82 Å². The summed E-state index contributed by atoms with van der Waals surface area (Å²) in [6.45, 7) is 0.600. The minimum atomic E-state index is -0.105. The molecule has 112 valence electrons. The topological polar surface area (TPSA) is 57.8 Å². The van der Waals surface area contributed by atoms with E-state index in [-0.39, 0.29) is 5.91 Å². The number of carbonyl (C=O) groups excluding carboxylic acids is 1. The van der Waals surface area contributed by atoms with E-state index < -0.39 is 0 Å². The van der Waals surface area contributed by atoms with Gasteiger partial charge in [-0.2, -0.15) is 0 Å². The smallest absolute Gasteiger partial charge is 0.251 e. The normalized spacial score (nSPS) is 10.8. The first-order chi connectivity index (χ1) is 10.7. The van der Waals surface area contributed by atoms with E-state index in [1.165, 1.54) is 0 Å². The van der Waals surface area contributed by atoms with Crippen molar-refractivity contribution in [2.75, 3.05) is 6.54 Å². The summed E-state index contributed by atoms with van der Waals surface area (Å²) in [7, 11) is 0. The van der Waals surface area contributed by atoms with Crippen LogP contribution in [-0.4, -0.2) is 22.4 Å². The van der Waals surface area contributed by atoms with Crippen LogP contribution < -0.4 is 5.32 Å². The number of amides is 1. The zero-order valence-electron chi connectivity index (χ0n) is 12.0. The Labute approximate surface area is 133 Å². The molecule has 2 aromatic carbocycles. The van der Waals surface area contributed by atoms with Gasteiger partial charge in [-0.05, 0) is 36.8 Å². The zero-order valence-corrected chi connectivity index (χ0v) is 12.7. The number of hydrogen-bond acceptors (Lipinski definition) is 2. The Bertz CT molecular complexity index is 764. The first kappa shape index (κ1) is 14.6. The van der Waals surface area contributed by atoms with Crippen LogP contribution >= 0.6 is 11.6 Å². The highest BCUT2D eigenvalue weighted by Gasteiger charge is 2.06. The second-order valence-electron chi connectivity index (χ2n) is 5.07. The lowest BCUT2D eigenvalue weighted by Gasteiger charge is -2.04. The number of nitrogens with one attached hydrogen (secondary N) is 2. The molecule has 0 bridgehead atoms. The number of carbonyl (C=O) groups is 1. The Morgan fingerprint density at radius 2 is 2.05 bits per heavy atom. The molecule has 4 nitrogen and oxygen atoms in total. The quantitative estimate of drug-likeness (QED) is 0.707. The summed E-state index contributed by atoms with van der Waals surface area (Å²) in [4.78, 5) is 19.8. The summed E-state index contributed by atoms with van der Waals surface area (Å²) >= 11 is 5.88. The third-order valence-corrected chi connectivity index (χ3v) is 3.64. The van der Waals surface area contributed by atoms with E-state index in [0.29, 0.717) is 17.1 Å². The van der Waals surface area contributed by atoms with Crippen LogP contribution in [0.3, 0.4) is 0 Å². The van der Waals surface area contributed by atoms with E-state index in [9.17, 15) is 4.79 Å². The lowest BCUT2D eigenvalue weighted by molar-refractivity contribution is 0.0953. The van der Waals surface area contributed by atoms with Gasteiger partial charge in [0, 0.05) is 23.6 Å². The van der Waals surface area contributed by atoms with E-state index in [1.807, 2.05) is 24.3 Å². The van der Waals surface area contributed by atoms with Gasteiger partial charge in [0.2, 0.25) is 0 Å². The Balaban J connectivity index is 1.50. The highest BCUT2D eigenvalue weighted by molar-refractivity contribution is 6.30. The van der Waals surface area contributed by atoms with Crippen molar-refractivity contribution in [3.8, 4) is 0 Å². The minimum absolute atomic E-state index is 0.105. The molecule has 22 heavy (non-hydrogen) atoms. The van der Waals surface area contributed by atoms with Crippen LogP contribution in [0.2, 0.25) is 5.02 Å². The maximum absolute atomic E-state index is 12.0. The number of halogens is 1. The Morgan fingerprint density at radius 1 is 1.18 bits per heavy atom. The first-order valence-electron chi connectivity index (χ1n) is 7.20. The monoisotopic (exact) mass is 313 g/mol. The first-order valence-corrected chi connectivity index (χ1v) is 7.57. The summed E-state index contributed by atoms with van der Waals surface area (Å²) in [5.74, 6) is 0.838. The van der Waals surface area contributed by atoms with Crippen molar-refractivity contribution in [2.24, 2.45) is 0 Å². The van der Waals surface area contributed by atoms with E-state index in [2.05, 4.69) is 15.3 Å². The molecule has 0 atom stereocenters. The summed E-state index contributed by atoms with van der Waals surface area (Å²) < 4.78 is 0. The van der Waals surface area contributed by atoms with Crippen LogP contribution in [-0.2, 0) is 6.42 Å². The fourth-order valence-electron chi connectivity index (χ4n) is 2.31. The van der Waals surface area contributed by atoms with Gasteiger partial charge in [-0.1, -0.05) is 29.8 Å². The van der Waals surface area contributed by atoms with Crippen molar-refractivity contribution in [1.82, 2.24) is 15.3 Å². The zero-order chi connectivity index (χ0) is 15.4. The third-order valence-electron chi connectivity index (χ3n) is 3.40. The molecule has 0 saturated heterocycles. The minimum Gasteiger partial charge on any atom is -0.352 e. The summed E-state index contributed by atoms with van der Waals surface area (Å²) in [5.41, 5.74) is 2.59. The summed E-state index contributed by atoms with van der Waals surface area (Å²) in [6.07, 6.45) is 1.62. The number of aryl methyl sites for hydroxylation is 1. The average molecular weight is 314 g/mol. The number of H-pyrrole nitrogens is 1. The van der Waals surface area contributed by atoms with E-state index in [4.69, 9.17) is 11.6 Å². The van der Waals surface area contributed by atoms with Gasteiger partial charge in [-0.25, -0.2) is 4.98 Å². The van der Waals surface area contributed by atoms with Crippen molar-refractivity contribution in [1.29, 1.82) is 0 Å². The second-order valence-corrected chi connectivity index (χ2v) is 5.51. The standard InChI is InChI=1S/C17H16ClN3O/c18-13-6-3-5-12(11-13)17(22)19-10-4-9-16-20-14-7-1-2-8-15(14)21-16/h1-3,5-8,11H,4,9-10H2,(H,19,22)(H,20,21). The average Bonchev–Trinajstić information content (AvgIpc) is 2.94. The van der Waals surface area contributed by atoms with Crippen molar-refractivity contribution >= 4 is 28.5 Å². The third kappa shape index (κ3) is 3.46. The highest BCUT2D eigenvalue weighted by Crippen LogP contribution is 2.12. The molecule has 0 aliphatic rings. The van der Waals surface area contributed by atoms with Crippen molar-refractivity contribution < 1.29 is 4.79 Å². The Kier molecular flexibility index (Phi) is 4.39. The summed E-state index contributed by atoms with van der Waals surface area (Å²) in [6, 6.07) is 14.9. The Morgan fingerprint density at radius 3 is 2.86 bits per heavy atom. The Hall–Kier alpha value is -2.33. The number of para-hydroxylation sites is 2. The number of aromatic amines is 1. The molecule has 2 N–H and O–H groups in total. The molecule has 0 unspecified atom stereocenters. The molecule has 1 heterocycles. The van der Waals surface area contributed by atoms with Crippen molar-refractivity contribution in [3.05, 3.63) is 64.9 Å². The number of nitrogens with zero attached hydrogens (tertiary/aromatic N) is 1. The van der Waals surface area contributed by atoms with Gasteiger partial charge in [-0.15, -0.1) is 0 Å². The van der Waals surface area contributed by atoms with Crippen LogP contribution in [0.4, 0.5) is 0 Å². The molecule has 0 saturated carbocycles. The number of benzene rings is 2. The predicted molar refractivity (Wildman–Crippen MR) is 88.2 cm³/mol. The van der Waals surface area contributed by atoms with Crippen LogP contribution in [0, 0.1) is 0 Å². The van der Waals surface area contributed by atoms with Crippen LogP contribution in [0.1, 0.15) is 22.6 Å². The van der Waals surface area contributed by atoms with Crippen molar-refractivity contribution in [3.63, 3.8) is 0 Å². The molecule has 5 heteroatoms. The number of aromatic nitrogens is 2. The van der Waals surface area contributed by atoms with Crippen LogP contribution in [0.5, 0.6) is 0 Å². The molecule has 1 amide bonds.